The number of alkyl halides is 3. The van der Waals surface area contributed by atoms with Crippen LogP contribution in [0.2, 0.25) is 0 Å². The Kier molecular flexibility index (Phi) is 12.5. The van der Waals surface area contributed by atoms with Crippen LogP contribution in [0.15, 0.2) is 29.8 Å². The Balaban J connectivity index is 2.38. The van der Waals surface area contributed by atoms with E-state index in [1.807, 2.05) is 20.8 Å². The number of aliphatic hydroxyl groups is 1. The third-order valence-corrected chi connectivity index (χ3v) is 6.27. The van der Waals surface area contributed by atoms with Gasteiger partial charge in [0.25, 0.3) is 0 Å². The average molecular weight is 623 g/mol. The first kappa shape index (κ1) is 36.4. The number of allylic oxidation sites excluding steroid dienone is 1. The summed E-state index contributed by atoms with van der Waals surface area (Å²) in [5, 5.41) is 14.1. The SMILES string of the molecule is C/C(=C\CCC(F)(F)F)C(=O)N[C@@H](Cc1cc(F)cc(F)c1)[C@H](O)[C@H]1CO[C@@H](OCC(C)(C)C)CN1C(=O)OC(C)(C)C. The van der Waals surface area contributed by atoms with Gasteiger partial charge in [-0.25, -0.2) is 13.6 Å². The first-order chi connectivity index (χ1) is 19.6. The van der Waals surface area contributed by atoms with Gasteiger partial charge in [-0.15, -0.1) is 0 Å². The van der Waals surface area contributed by atoms with Crippen LogP contribution in [-0.4, -0.2) is 78.0 Å². The lowest BCUT2D eigenvalue weighted by atomic mass is 9.94. The van der Waals surface area contributed by atoms with Crippen molar-refractivity contribution in [2.75, 3.05) is 19.8 Å². The van der Waals surface area contributed by atoms with Gasteiger partial charge in [0.2, 0.25) is 5.91 Å². The highest BCUT2D eigenvalue weighted by molar-refractivity contribution is 5.93. The summed E-state index contributed by atoms with van der Waals surface area (Å²) in [6.45, 7) is 12.1. The zero-order valence-corrected chi connectivity index (χ0v) is 25.7. The molecular formula is C30H43F5N2O6. The quantitative estimate of drug-likeness (QED) is 0.258. The molecule has 0 saturated carbocycles. The molecule has 43 heavy (non-hydrogen) atoms. The number of hydrogen-bond acceptors (Lipinski definition) is 6. The number of morpholine rings is 1. The smallest absolute Gasteiger partial charge is 0.410 e. The molecule has 0 spiro atoms. The van der Waals surface area contributed by atoms with Crippen LogP contribution in [0.1, 0.15) is 66.9 Å². The molecular weight excluding hydrogens is 579 g/mol. The molecule has 1 saturated heterocycles. The Labute approximate surface area is 249 Å². The highest BCUT2D eigenvalue weighted by Crippen LogP contribution is 2.25. The van der Waals surface area contributed by atoms with Crippen LogP contribution in [0, 0.1) is 17.0 Å². The van der Waals surface area contributed by atoms with E-state index in [0.29, 0.717) is 12.7 Å². The molecule has 244 valence electrons. The maximum atomic E-state index is 14.0. The number of aliphatic hydroxyl groups excluding tert-OH is 1. The largest absolute Gasteiger partial charge is 0.444 e. The second-order valence-electron chi connectivity index (χ2n) is 12.9. The third-order valence-electron chi connectivity index (χ3n) is 6.27. The molecule has 1 heterocycles. The summed E-state index contributed by atoms with van der Waals surface area (Å²) in [5.41, 5.74) is -1.06. The number of nitrogens with one attached hydrogen (secondary N) is 1. The fourth-order valence-corrected chi connectivity index (χ4v) is 4.24. The van der Waals surface area contributed by atoms with Gasteiger partial charge in [-0.05, 0) is 63.6 Å². The van der Waals surface area contributed by atoms with Crippen molar-refractivity contribution < 1.29 is 50.9 Å². The van der Waals surface area contributed by atoms with E-state index in [-0.39, 0.29) is 36.1 Å². The first-order valence-corrected chi connectivity index (χ1v) is 14.0. The molecule has 4 atom stereocenters. The van der Waals surface area contributed by atoms with Gasteiger partial charge in [-0.2, -0.15) is 13.2 Å². The molecule has 2 N–H and O–H groups in total. The van der Waals surface area contributed by atoms with Gasteiger partial charge in [0, 0.05) is 18.1 Å². The topological polar surface area (TPSA) is 97.3 Å². The van der Waals surface area contributed by atoms with Gasteiger partial charge in [-0.3, -0.25) is 9.69 Å². The molecule has 0 aromatic heterocycles. The molecule has 1 aromatic carbocycles. The van der Waals surface area contributed by atoms with Gasteiger partial charge in [0.15, 0.2) is 6.29 Å². The van der Waals surface area contributed by atoms with Crippen molar-refractivity contribution in [1.82, 2.24) is 10.2 Å². The van der Waals surface area contributed by atoms with Crippen molar-refractivity contribution in [2.24, 2.45) is 5.41 Å². The van der Waals surface area contributed by atoms with Crippen LogP contribution >= 0.6 is 0 Å². The zero-order valence-electron chi connectivity index (χ0n) is 25.7. The number of nitrogens with zero attached hydrogens (tertiary/aromatic N) is 1. The fourth-order valence-electron chi connectivity index (χ4n) is 4.24. The minimum Gasteiger partial charge on any atom is -0.444 e. The molecule has 0 unspecified atom stereocenters. The molecule has 2 rings (SSSR count). The molecule has 0 radical (unpaired) electrons. The second kappa shape index (κ2) is 14.8. The molecule has 0 bridgehead atoms. The normalized spacial score (nSPS) is 20.0. The third kappa shape index (κ3) is 13.2. The van der Waals surface area contributed by atoms with E-state index in [2.05, 4.69) is 5.32 Å². The summed E-state index contributed by atoms with van der Waals surface area (Å²) < 4.78 is 82.9. The highest BCUT2D eigenvalue weighted by atomic mass is 19.4. The molecule has 8 nitrogen and oxygen atoms in total. The summed E-state index contributed by atoms with van der Waals surface area (Å²) in [6, 6.07) is 0.381. The van der Waals surface area contributed by atoms with Gasteiger partial charge in [0.1, 0.15) is 17.2 Å². The highest BCUT2D eigenvalue weighted by Gasteiger charge is 2.42. The van der Waals surface area contributed by atoms with E-state index >= 15 is 0 Å². The van der Waals surface area contributed by atoms with Crippen LogP contribution in [0.5, 0.6) is 0 Å². The Hall–Kier alpha value is -2.77. The summed E-state index contributed by atoms with van der Waals surface area (Å²) in [4.78, 5) is 27.5. The predicted octanol–water partition coefficient (Wildman–Crippen LogP) is 5.67. The number of hydrogen-bond donors (Lipinski definition) is 2. The molecule has 1 aliphatic rings. The monoisotopic (exact) mass is 622 g/mol. The summed E-state index contributed by atoms with van der Waals surface area (Å²) >= 11 is 0. The number of halogens is 5. The lowest BCUT2D eigenvalue weighted by Crippen LogP contribution is -2.63. The number of amides is 2. The molecule has 1 fully saturated rings. The van der Waals surface area contributed by atoms with Gasteiger partial charge < -0.3 is 24.6 Å². The van der Waals surface area contributed by atoms with E-state index in [1.54, 1.807) is 20.8 Å². The number of ether oxygens (including phenoxy) is 3. The molecule has 0 aliphatic carbocycles. The molecule has 1 aliphatic heterocycles. The second-order valence-corrected chi connectivity index (χ2v) is 12.9. The number of benzene rings is 1. The Morgan fingerprint density at radius 3 is 2.26 bits per heavy atom. The van der Waals surface area contributed by atoms with Crippen molar-refractivity contribution in [3.05, 3.63) is 47.0 Å². The Morgan fingerprint density at radius 1 is 1.12 bits per heavy atom. The maximum absolute atomic E-state index is 14.0. The van der Waals surface area contributed by atoms with E-state index in [4.69, 9.17) is 14.2 Å². The Bertz CT molecular complexity index is 1110. The van der Waals surface area contributed by atoms with Crippen molar-refractivity contribution in [1.29, 1.82) is 0 Å². The number of carbonyl (C=O) groups excluding carboxylic acids is 2. The Morgan fingerprint density at radius 2 is 1.72 bits per heavy atom. The zero-order chi connectivity index (χ0) is 32.8. The van der Waals surface area contributed by atoms with Crippen molar-refractivity contribution in [3.8, 4) is 0 Å². The average Bonchev–Trinajstić information content (AvgIpc) is 2.83. The van der Waals surface area contributed by atoms with E-state index < -0.39 is 72.7 Å². The van der Waals surface area contributed by atoms with E-state index in [9.17, 15) is 36.6 Å². The first-order valence-electron chi connectivity index (χ1n) is 14.0. The molecule has 1 aromatic rings. The lowest BCUT2D eigenvalue weighted by Gasteiger charge is -2.43. The van der Waals surface area contributed by atoms with Crippen LogP contribution in [0.4, 0.5) is 26.7 Å². The van der Waals surface area contributed by atoms with Gasteiger partial charge in [0.05, 0.1) is 37.9 Å². The molecule has 13 heteroatoms. The van der Waals surface area contributed by atoms with Crippen LogP contribution in [0.3, 0.4) is 0 Å². The van der Waals surface area contributed by atoms with Crippen molar-refractivity contribution >= 4 is 12.0 Å². The maximum Gasteiger partial charge on any atom is 0.410 e. The fraction of sp³-hybridized carbons (Fsp3) is 0.667. The minimum absolute atomic E-state index is 0.0496. The molecule has 2 amide bonds. The van der Waals surface area contributed by atoms with Gasteiger partial charge >= 0.3 is 12.3 Å². The van der Waals surface area contributed by atoms with Crippen LogP contribution < -0.4 is 5.32 Å². The minimum atomic E-state index is -4.41. The van der Waals surface area contributed by atoms with Crippen LogP contribution in [-0.2, 0) is 25.4 Å². The van der Waals surface area contributed by atoms with Gasteiger partial charge in [-0.1, -0.05) is 26.8 Å². The summed E-state index contributed by atoms with van der Waals surface area (Å²) in [5.74, 6) is -2.56. The van der Waals surface area contributed by atoms with E-state index in [0.717, 1.165) is 18.2 Å². The van der Waals surface area contributed by atoms with E-state index in [1.165, 1.54) is 11.8 Å². The summed E-state index contributed by atoms with van der Waals surface area (Å²) in [7, 11) is 0. The number of rotatable bonds is 10. The van der Waals surface area contributed by atoms with Crippen molar-refractivity contribution in [2.45, 2.75) is 104 Å². The number of carbonyl (C=O) groups is 2. The predicted molar refractivity (Wildman–Crippen MR) is 149 cm³/mol. The van der Waals surface area contributed by atoms with Crippen molar-refractivity contribution in [3.63, 3.8) is 0 Å². The standard InChI is InChI=1S/C30H43F5N2O6/c1-18(9-8-10-30(33,34)35)26(39)36-22(13-19-11-20(31)14-21(32)12-19)25(38)23-16-41-24(42-17-28(2,3)4)15-37(23)27(40)43-29(5,6)7/h9,11-12,14,22-25,38H,8,10,13,15-17H2,1-7H3,(H,36,39)/b18-9+/t22-,23+,24-,25-/m0/s1. The van der Waals surface area contributed by atoms with Crippen LogP contribution in [0.25, 0.3) is 0 Å². The lowest BCUT2D eigenvalue weighted by molar-refractivity contribution is -0.211. The summed E-state index contributed by atoms with van der Waals surface area (Å²) in [6.07, 6.45) is -8.34.